The first-order valence-corrected chi connectivity index (χ1v) is 11.7. The molecule has 0 aromatic heterocycles. The first kappa shape index (κ1) is 24.1. The number of carbonyl (C=O) groups is 1. The molecule has 0 bridgehead atoms. The van der Waals surface area contributed by atoms with Gasteiger partial charge in [0, 0.05) is 47.6 Å². The Morgan fingerprint density at radius 2 is 1.82 bits per heavy atom. The molecule has 1 aliphatic rings. The van der Waals surface area contributed by atoms with E-state index < -0.39 is 0 Å². The van der Waals surface area contributed by atoms with Crippen molar-refractivity contribution < 1.29 is 9.90 Å². The van der Waals surface area contributed by atoms with Crippen molar-refractivity contribution in [3.63, 3.8) is 0 Å². The van der Waals surface area contributed by atoms with E-state index in [2.05, 4.69) is 16.3 Å². The summed E-state index contributed by atoms with van der Waals surface area (Å²) in [5, 5.41) is 22.8. The molecule has 4 rings (SSSR count). The molecule has 1 aliphatic heterocycles. The summed E-state index contributed by atoms with van der Waals surface area (Å²) in [6.45, 7) is 2.48. The lowest BCUT2D eigenvalue weighted by Gasteiger charge is -2.26. The molecule has 0 spiro atoms. The third kappa shape index (κ3) is 6.07. The van der Waals surface area contributed by atoms with Crippen LogP contribution in [-0.4, -0.2) is 48.3 Å². The van der Waals surface area contributed by atoms with Crippen LogP contribution < -0.4 is 10.2 Å². The fraction of sp³-hybridized carbons (Fsp3) is 0.231. The van der Waals surface area contributed by atoms with E-state index in [-0.39, 0.29) is 12.1 Å². The number of amides is 2. The number of anilines is 2. The number of nitrogens with one attached hydrogen (secondary N) is 1. The van der Waals surface area contributed by atoms with Crippen LogP contribution in [0.25, 0.3) is 11.1 Å². The Balaban J connectivity index is 1.56. The Morgan fingerprint density at radius 1 is 1.09 bits per heavy atom. The molecule has 2 N–H and O–H groups in total. The van der Waals surface area contributed by atoms with Gasteiger partial charge in [0.05, 0.1) is 17.7 Å². The van der Waals surface area contributed by atoms with Crippen molar-refractivity contribution in [3.8, 4) is 17.2 Å². The number of β-amino-alcohol motifs (C(OH)–C–C–N with tert-alkyl or cyclic N) is 1. The normalized spacial score (nSPS) is 15.6. The highest BCUT2D eigenvalue weighted by Gasteiger charge is 2.23. The first-order valence-electron chi connectivity index (χ1n) is 11.0. The third-order valence-corrected chi connectivity index (χ3v) is 6.19. The molecule has 3 aromatic carbocycles. The summed E-state index contributed by atoms with van der Waals surface area (Å²) in [7, 11) is 0. The van der Waals surface area contributed by atoms with Crippen molar-refractivity contribution in [2.24, 2.45) is 0 Å². The molecule has 2 amide bonds. The zero-order chi connectivity index (χ0) is 24.1. The second kappa shape index (κ2) is 10.9. The number of aliphatic hydroxyl groups excluding tert-OH is 1. The van der Waals surface area contributed by atoms with Gasteiger partial charge in [0.2, 0.25) is 0 Å². The van der Waals surface area contributed by atoms with Gasteiger partial charge in [0.1, 0.15) is 0 Å². The van der Waals surface area contributed by atoms with Crippen molar-refractivity contribution in [1.82, 2.24) is 4.90 Å². The van der Waals surface area contributed by atoms with Gasteiger partial charge in [-0.15, -0.1) is 0 Å². The molecule has 1 atom stereocenters. The van der Waals surface area contributed by atoms with Gasteiger partial charge in [-0.3, -0.25) is 9.80 Å². The molecular formula is C26H24Cl2N4O2. The zero-order valence-corrected chi connectivity index (χ0v) is 19.9. The number of hydrogen-bond acceptors (Lipinski definition) is 4. The van der Waals surface area contributed by atoms with E-state index in [1.165, 1.54) is 0 Å². The molecule has 1 fully saturated rings. The average molecular weight is 495 g/mol. The number of aliphatic hydroxyl groups is 1. The van der Waals surface area contributed by atoms with Gasteiger partial charge in [-0.25, -0.2) is 4.79 Å². The van der Waals surface area contributed by atoms with Crippen LogP contribution in [0, 0.1) is 11.3 Å². The molecule has 6 nitrogen and oxygen atoms in total. The summed E-state index contributed by atoms with van der Waals surface area (Å²) in [4.78, 5) is 17.1. The zero-order valence-electron chi connectivity index (χ0n) is 18.4. The number of rotatable bonds is 6. The molecule has 0 radical (unpaired) electrons. The Kier molecular flexibility index (Phi) is 7.71. The van der Waals surface area contributed by atoms with Gasteiger partial charge in [-0.05, 0) is 60.0 Å². The Bertz CT molecular complexity index is 1190. The molecule has 1 heterocycles. The van der Waals surface area contributed by atoms with Gasteiger partial charge in [-0.1, -0.05) is 47.5 Å². The highest BCUT2D eigenvalue weighted by Crippen LogP contribution is 2.26. The summed E-state index contributed by atoms with van der Waals surface area (Å²) >= 11 is 12.2. The molecule has 34 heavy (non-hydrogen) atoms. The van der Waals surface area contributed by atoms with Crippen LogP contribution in [0.5, 0.6) is 0 Å². The van der Waals surface area contributed by atoms with E-state index in [9.17, 15) is 15.2 Å². The number of likely N-dealkylation sites (tertiary alicyclic amines) is 1. The van der Waals surface area contributed by atoms with E-state index in [0.29, 0.717) is 40.9 Å². The van der Waals surface area contributed by atoms with E-state index in [1.54, 1.807) is 29.2 Å². The second-order valence-electron chi connectivity index (χ2n) is 8.22. The summed E-state index contributed by atoms with van der Waals surface area (Å²) in [6.07, 6.45) is 0.420. The Labute approximate surface area is 208 Å². The number of halogens is 2. The minimum atomic E-state index is -0.320. The lowest BCUT2D eigenvalue weighted by Crippen LogP contribution is -2.40. The molecule has 0 saturated carbocycles. The Morgan fingerprint density at radius 3 is 2.47 bits per heavy atom. The molecule has 174 valence electrons. The smallest absolute Gasteiger partial charge is 0.326 e. The minimum Gasteiger partial charge on any atom is -0.392 e. The third-order valence-electron chi connectivity index (χ3n) is 5.75. The summed E-state index contributed by atoms with van der Waals surface area (Å²) in [5.41, 5.74) is 3.71. The number of urea groups is 1. The molecule has 0 aliphatic carbocycles. The minimum absolute atomic E-state index is 0.308. The topological polar surface area (TPSA) is 79.6 Å². The molecule has 3 aromatic rings. The van der Waals surface area contributed by atoms with E-state index >= 15 is 0 Å². The van der Waals surface area contributed by atoms with Gasteiger partial charge >= 0.3 is 6.03 Å². The fourth-order valence-corrected chi connectivity index (χ4v) is 4.55. The number of hydrogen-bond donors (Lipinski definition) is 2. The summed E-state index contributed by atoms with van der Waals surface area (Å²) < 4.78 is 0. The van der Waals surface area contributed by atoms with Crippen LogP contribution in [-0.2, 0) is 0 Å². The van der Waals surface area contributed by atoms with E-state index in [0.717, 1.165) is 29.8 Å². The Hall–Kier alpha value is -3.08. The van der Waals surface area contributed by atoms with Gasteiger partial charge < -0.3 is 10.4 Å². The lowest BCUT2D eigenvalue weighted by molar-refractivity contribution is 0.177. The molecule has 8 heteroatoms. The van der Waals surface area contributed by atoms with Crippen LogP contribution in [0.1, 0.15) is 12.0 Å². The van der Waals surface area contributed by atoms with Gasteiger partial charge in [0.25, 0.3) is 0 Å². The predicted molar refractivity (Wildman–Crippen MR) is 136 cm³/mol. The van der Waals surface area contributed by atoms with Crippen molar-refractivity contribution in [2.45, 2.75) is 12.5 Å². The summed E-state index contributed by atoms with van der Waals surface area (Å²) in [5.74, 6) is 0. The predicted octanol–water partition coefficient (Wildman–Crippen LogP) is 5.64. The quantitative estimate of drug-likeness (QED) is 0.464. The van der Waals surface area contributed by atoms with Crippen molar-refractivity contribution in [1.29, 1.82) is 5.26 Å². The van der Waals surface area contributed by atoms with Crippen molar-refractivity contribution >= 4 is 40.6 Å². The number of benzene rings is 3. The fourth-order valence-electron chi connectivity index (χ4n) is 4.02. The standard InChI is InChI=1S/C26H24Cl2N4O2/c27-21-13-22(28)15-23(14-21)30-26(34)32(11-10-31-9-8-25(33)17-31)24-6-4-19(5-7-24)20-3-1-2-18(12-20)16-29/h1-7,12-15,25,33H,8-11,17H2,(H,30,34)/t25-/m1/s1. The van der Waals surface area contributed by atoms with Crippen LogP contribution >= 0.6 is 23.2 Å². The van der Waals surface area contributed by atoms with Gasteiger partial charge in [-0.2, -0.15) is 5.26 Å². The second-order valence-corrected chi connectivity index (χ2v) is 9.10. The highest BCUT2D eigenvalue weighted by molar-refractivity contribution is 6.35. The molecular weight excluding hydrogens is 471 g/mol. The maximum Gasteiger partial charge on any atom is 0.326 e. The SMILES string of the molecule is N#Cc1cccc(-c2ccc(N(CCN3CC[C@@H](O)C3)C(=O)Nc3cc(Cl)cc(Cl)c3)cc2)c1. The largest absolute Gasteiger partial charge is 0.392 e. The first-order chi connectivity index (χ1) is 16.4. The number of nitriles is 1. The van der Waals surface area contributed by atoms with Crippen LogP contribution in [0.4, 0.5) is 16.2 Å². The van der Waals surface area contributed by atoms with Crippen molar-refractivity contribution in [2.75, 3.05) is 36.4 Å². The average Bonchev–Trinajstić information content (AvgIpc) is 3.24. The van der Waals surface area contributed by atoms with Crippen LogP contribution in [0.15, 0.2) is 66.7 Å². The van der Waals surface area contributed by atoms with E-state index in [4.69, 9.17) is 23.2 Å². The van der Waals surface area contributed by atoms with Crippen LogP contribution in [0.3, 0.4) is 0 Å². The number of nitrogens with zero attached hydrogens (tertiary/aromatic N) is 3. The number of carbonyl (C=O) groups excluding carboxylic acids is 1. The summed E-state index contributed by atoms with van der Waals surface area (Å²) in [6, 6.07) is 21.8. The monoisotopic (exact) mass is 494 g/mol. The van der Waals surface area contributed by atoms with Gasteiger partial charge in [0.15, 0.2) is 0 Å². The highest BCUT2D eigenvalue weighted by atomic mass is 35.5. The van der Waals surface area contributed by atoms with Crippen LogP contribution in [0.2, 0.25) is 10.0 Å². The maximum absolute atomic E-state index is 13.3. The molecule has 1 saturated heterocycles. The maximum atomic E-state index is 13.3. The lowest BCUT2D eigenvalue weighted by atomic mass is 10.0. The van der Waals surface area contributed by atoms with Crippen molar-refractivity contribution in [3.05, 3.63) is 82.3 Å². The van der Waals surface area contributed by atoms with E-state index in [1.807, 2.05) is 42.5 Å². The molecule has 0 unspecified atom stereocenters.